The Morgan fingerprint density at radius 2 is 1.85 bits per heavy atom. The van der Waals surface area contributed by atoms with E-state index in [-0.39, 0.29) is 31.4 Å². The number of amides is 2. The summed E-state index contributed by atoms with van der Waals surface area (Å²) in [6, 6.07) is 14.0. The second-order valence-corrected chi connectivity index (χ2v) is 6.26. The Morgan fingerprint density at radius 1 is 1.11 bits per heavy atom. The van der Waals surface area contributed by atoms with Gasteiger partial charge in [0, 0.05) is 13.1 Å². The molecule has 1 fully saturated rings. The van der Waals surface area contributed by atoms with Crippen LogP contribution in [0.2, 0.25) is 0 Å². The van der Waals surface area contributed by atoms with Gasteiger partial charge < -0.3 is 21.1 Å². The summed E-state index contributed by atoms with van der Waals surface area (Å²) in [7, 11) is 0. The molecule has 0 aromatic heterocycles. The van der Waals surface area contributed by atoms with Gasteiger partial charge >= 0.3 is 5.97 Å². The third kappa shape index (κ3) is 4.51. The number of benzene rings is 2. The van der Waals surface area contributed by atoms with Crippen molar-refractivity contribution in [3.05, 3.63) is 70.8 Å². The highest BCUT2D eigenvalue weighted by molar-refractivity contribution is 5.96. The molecule has 27 heavy (non-hydrogen) atoms. The molecule has 0 saturated carbocycles. The Hall–Kier alpha value is -3.19. The second-order valence-electron chi connectivity index (χ2n) is 6.26. The van der Waals surface area contributed by atoms with Crippen molar-refractivity contribution in [2.24, 2.45) is 5.73 Å². The largest absolute Gasteiger partial charge is 0.457 e. The van der Waals surface area contributed by atoms with Crippen LogP contribution in [0.25, 0.3) is 0 Å². The van der Waals surface area contributed by atoms with Crippen molar-refractivity contribution in [2.45, 2.75) is 25.6 Å². The quantitative estimate of drug-likeness (QED) is 0.492. The normalized spacial score (nSPS) is 15.4. The number of carbonyl (C=O) groups is 3. The number of nitrogens with two attached hydrogens (primary N) is 1. The lowest BCUT2D eigenvalue weighted by Crippen LogP contribution is -2.62. The molecule has 2 amide bonds. The first-order valence-corrected chi connectivity index (χ1v) is 8.67. The van der Waals surface area contributed by atoms with Crippen molar-refractivity contribution >= 4 is 17.8 Å². The Kier molecular flexibility index (Phi) is 5.83. The maximum atomic E-state index is 12.7. The molecule has 1 saturated heterocycles. The standard InChI is InChI=1S/C20H21N3O4/c21-10-15-8-4-7-14(9-17(24)23-16-11-22-19(16)25)18(15)20(26)27-12-13-5-2-1-3-6-13/h1-8,16H,9-12,21H2,(H,22,25)(H,23,24). The van der Waals surface area contributed by atoms with Gasteiger partial charge in [-0.1, -0.05) is 48.5 Å². The first-order chi connectivity index (χ1) is 13.1. The predicted octanol–water partition coefficient (Wildman–Crippen LogP) is 0.659. The summed E-state index contributed by atoms with van der Waals surface area (Å²) < 4.78 is 5.42. The van der Waals surface area contributed by atoms with E-state index in [1.807, 2.05) is 30.3 Å². The molecule has 7 heteroatoms. The molecule has 1 aliphatic rings. The molecule has 140 valence electrons. The Bertz CT molecular complexity index is 852. The van der Waals surface area contributed by atoms with Crippen LogP contribution in [-0.4, -0.2) is 30.4 Å². The number of hydrogen-bond acceptors (Lipinski definition) is 5. The lowest BCUT2D eigenvalue weighted by molar-refractivity contribution is -0.133. The van der Waals surface area contributed by atoms with Crippen LogP contribution in [-0.2, 0) is 33.9 Å². The highest BCUT2D eigenvalue weighted by atomic mass is 16.5. The van der Waals surface area contributed by atoms with E-state index in [0.29, 0.717) is 23.2 Å². The zero-order valence-corrected chi connectivity index (χ0v) is 14.7. The number of hydrogen-bond donors (Lipinski definition) is 3. The molecule has 1 unspecified atom stereocenters. The molecule has 2 aromatic carbocycles. The van der Waals surface area contributed by atoms with Gasteiger partial charge in [-0.2, -0.15) is 0 Å². The van der Waals surface area contributed by atoms with Crippen molar-refractivity contribution in [3.8, 4) is 0 Å². The minimum atomic E-state index is -0.524. The fraction of sp³-hybridized carbons (Fsp3) is 0.250. The molecular weight excluding hydrogens is 346 g/mol. The van der Waals surface area contributed by atoms with Crippen molar-refractivity contribution < 1.29 is 19.1 Å². The van der Waals surface area contributed by atoms with Crippen molar-refractivity contribution in [1.29, 1.82) is 0 Å². The smallest absolute Gasteiger partial charge is 0.339 e. The van der Waals surface area contributed by atoms with Gasteiger partial charge in [-0.25, -0.2) is 4.79 Å². The summed E-state index contributed by atoms with van der Waals surface area (Å²) in [6.07, 6.45) is -0.0343. The maximum absolute atomic E-state index is 12.7. The van der Waals surface area contributed by atoms with Gasteiger partial charge in [0.05, 0.1) is 12.0 Å². The van der Waals surface area contributed by atoms with Gasteiger partial charge in [0.2, 0.25) is 11.8 Å². The van der Waals surface area contributed by atoms with Crippen molar-refractivity contribution in [1.82, 2.24) is 10.6 Å². The van der Waals surface area contributed by atoms with Gasteiger partial charge in [-0.05, 0) is 16.7 Å². The third-order valence-electron chi connectivity index (χ3n) is 4.36. The molecule has 2 aromatic rings. The Balaban J connectivity index is 1.73. The number of β-lactam (4-membered cyclic amide) rings is 1. The molecule has 3 rings (SSSR count). The number of rotatable bonds is 7. The molecule has 1 aliphatic heterocycles. The van der Waals surface area contributed by atoms with Crippen molar-refractivity contribution in [3.63, 3.8) is 0 Å². The van der Waals surface area contributed by atoms with E-state index in [2.05, 4.69) is 10.6 Å². The van der Waals surface area contributed by atoms with E-state index in [4.69, 9.17) is 10.5 Å². The van der Waals surface area contributed by atoms with Crippen LogP contribution in [0.15, 0.2) is 48.5 Å². The van der Waals surface area contributed by atoms with Crippen LogP contribution >= 0.6 is 0 Å². The fourth-order valence-corrected chi connectivity index (χ4v) is 2.85. The van der Waals surface area contributed by atoms with E-state index in [1.165, 1.54) is 0 Å². The lowest BCUT2D eigenvalue weighted by atomic mass is 9.98. The first kappa shape index (κ1) is 18.6. The van der Waals surface area contributed by atoms with Gasteiger partial charge in [0.25, 0.3) is 0 Å². The minimum absolute atomic E-state index is 0.0343. The van der Waals surface area contributed by atoms with Crippen LogP contribution < -0.4 is 16.4 Å². The van der Waals surface area contributed by atoms with Gasteiger partial charge in [0.1, 0.15) is 12.6 Å². The average Bonchev–Trinajstić information content (AvgIpc) is 2.69. The molecule has 7 nitrogen and oxygen atoms in total. The number of ether oxygens (including phenoxy) is 1. The Labute approximate surface area is 156 Å². The predicted molar refractivity (Wildman–Crippen MR) is 98.5 cm³/mol. The molecule has 4 N–H and O–H groups in total. The number of esters is 1. The van der Waals surface area contributed by atoms with Gasteiger partial charge in [-0.3, -0.25) is 9.59 Å². The molecular formula is C20H21N3O4. The third-order valence-corrected chi connectivity index (χ3v) is 4.36. The van der Waals surface area contributed by atoms with E-state index in [0.717, 1.165) is 5.56 Å². The van der Waals surface area contributed by atoms with Gasteiger partial charge in [-0.15, -0.1) is 0 Å². The summed E-state index contributed by atoms with van der Waals surface area (Å²) in [5, 5.41) is 5.21. The fourth-order valence-electron chi connectivity index (χ4n) is 2.85. The van der Waals surface area contributed by atoms with Crippen LogP contribution in [0.4, 0.5) is 0 Å². The average molecular weight is 367 g/mol. The molecule has 0 radical (unpaired) electrons. The monoisotopic (exact) mass is 367 g/mol. The summed E-state index contributed by atoms with van der Waals surface area (Å²) in [5.41, 5.74) is 8.07. The highest BCUT2D eigenvalue weighted by Crippen LogP contribution is 2.18. The van der Waals surface area contributed by atoms with Crippen LogP contribution in [0.5, 0.6) is 0 Å². The summed E-state index contributed by atoms with van der Waals surface area (Å²) in [4.78, 5) is 36.2. The van der Waals surface area contributed by atoms with Crippen LogP contribution in [0.3, 0.4) is 0 Å². The maximum Gasteiger partial charge on any atom is 0.339 e. The summed E-state index contributed by atoms with van der Waals surface area (Å²) in [6.45, 7) is 0.697. The number of nitrogens with one attached hydrogen (secondary N) is 2. The van der Waals surface area contributed by atoms with Gasteiger partial charge in [0.15, 0.2) is 0 Å². The lowest BCUT2D eigenvalue weighted by Gasteiger charge is -2.26. The zero-order valence-electron chi connectivity index (χ0n) is 14.7. The molecule has 1 atom stereocenters. The number of carbonyl (C=O) groups excluding carboxylic acids is 3. The van der Waals surface area contributed by atoms with Crippen LogP contribution in [0, 0.1) is 0 Å². The minimum Gasteiger partial charge on any atom is -0.457 e. The molecule has 0 bridgehead atoms. The van der Waals surface area contributed by atoms with Crippen LogP contribution in [0.1, 0.15) is 27.0 Å². The highest BCUT2D eigenvalue weighted by Gasteiger charge is 2.29. The van der Waals surface area contributed by atoms with E-state index < -0.39 is 12.0 Å². The zero-order chi connectivity index (χ0) is 19.2. The topological polar surface area (TPSA) is 111 Å². The molecule has 0 aliphatic carbocycles. The van der Waals surface area contributed by atoms with Crippen molar-refractivity contribution in [2.75, 3.05) is 6.54 Å². The van der Waals surface area contributed by atoms with E-state index >= 15 is 0 Å². The van der Waals surface area contributed by atoms with E-state index in [1.54, 1.807) is 18.2 Å². The second kappa shape index (κ2) is 8.46. The SMILES string of the molecule is NCc1cccc(CC(=O)NC2CNC2=O)c1C(=O)OCc1ccccc1. The molecule has 1 heterocycles. The molecule has 0 spiro atoms. The first-order valence-electron chi connectivity index (χ1n) is 8.67. The summed E-state index contributed by atoms with van der Waals surface area (Å²) in [5.74, 6) is -1.06. The van der Waals surface area contributed by atoms with E-state index in [9.17, 15) is 14.4 Å². The summed E-state index contributed by atoms with van der Waals surface area (Å²) >= 11 is 0. The Morgan fingerprint density at radius 3 is 2.48 bits per heavy atom.